The summed E-state index contributed by atoms with van der Waals surface area (Å²) in [5, 5.41) is 8.25. The van der Waals surface area contributed by atoms with Gasteiger partial charge < -0.3 is 10.6 Å². The van der Waals surface area contributed by atoms with Gasteiger partial charge in [-0.1, -0.05) is 6.07 Å². The average molecular weight is 453 g/mol. The van der Waals surface area contributed by atoms with Gasteiger partial charge in [-0.15, -0.1) is 0 Å². The van der Waals surface area contributed by atoms with Crippen LogP contribution >= 0.6 is 0 Å². The number of rotatable bonds is 5. The molecular weight excluding hydrogens is 424 g/mol. The Hall–Kier alpha value is -3.74. The highest BCUT2D eigenvalue weighted by atomic mass is 16.2. The Morgan fingerprint density at radius 2 is 2.03 bits per heavy atom. The molecule has 1 fully saturated rings. The maximum Gasteiger partial charge on any atom is 0.254 e. The minimum absolute atomic E-state index is 0.0115. The van der Waals surface area contributed by atoms with Crippen LogP contribution in [0.4, 0.5) is 5.82 Å². The Morgan fingerprint density at radius 1 is 1.15 bits per heavy atom. The number of nitrogens with one attached hydrogen (secondary N) is 1. The van der Waals surface area contributed by atoms with Gasteiger partial charge in [0.25, 0.3) is 5.91 Å². The van der Waals surface area contributed by atoms with Crippen molar-refractivity contribution in [3.63, 3.8) is 0 Å². The molecule has 7 nitrogen and oxygen atoms in total. The fourth-order valence-electron chi connectivity index (χ4n) is 4.98. The molecule has 4 aromatic rings. The second kappa shape index (κ2) is 8.24. The van der Waals surface area contributed by atoms with Crippen molar-refractivity contribution in [1.29, 1.82) is 0 Å². The van der Waals surface area contributed by atoms with Gasteiger partial charge in [-0.3, -0.25) is 14.9 Å². The van der Waals surface area contributed by atoms with E-state index in [4.69, 9.17) is 10.7 Å². The quantitative estimate of drug-likeness (QED) is 0.470. The summed E-state index contributed by atoms with van der Waals surface area (Å²) in [6.45, 7) is 2.42. The third-order valence-electron chi connectivity index (χ3n) is 7.22. The Bertz CT molecular complexity index is 1370. The van der Waals surface area contributed by atoms with Crippen LogP contribution in [0.2, 0.25) is 0 Å². The van der Waals surface area contributed by atoms with E-state index in [1.807, 2.05) is 48.5 Å². The standard InChI is InChI=1S/C27H28N6O/c1-16-10-21-11-18(6-9-24(21)31-26(16)28)27(34)33(23-8-5-20-14-30-32-25(20)12-23)15-22-7-4-19(13-29-22)17-2-3-17/h4,6-7,9-11,13-14,17,23H,2-3,5,8,12,15H2,1H3,(H2,28,31)(H,30,32). The van der Waals surface area contributed by atoms with Gasteiger partial charge in [0.05, 0.1) is 24.0 Å². The largest absolute Gasteiger partial charge is 0.383 e. The molecule has 2 aliphatic rings. The summed E-state index contributed by atoms with van der Waals surface area (Å²) < 4.78 is 0. The van der Waals surface area contributed by atoms with Gasteiger partial charge in [-0.25, -0.2) is 4.98 Å². The topological polar surface area (TPSA) is 101 Å². The highest BCUT2D eigenvalue weighted by Gasteiger charge is 2.30. The minimum Gasteiger partial charge on any atom is -0.383 e. The lowest BCUT2D eigenvalue weighted by atomic mass is 9.92. The molecule has 3 heterocycles. The number of amides is 1. The number of nitrogens with two attached hydrogens (primary N) is 1. The molecule has 34 heavy (non-hydrogen) atoms. The third-order valence-corrected chi connectivity index (χ3v) is 7.22. The lowest BCUT2D eigenvalue weighted by molar-refractivity contribution is 0.0639. The molecule has 0 aliphatic heterocycles. The Morgan fingerprint density at radius 3 is 2.82 bits per heavy atom. The number of carbonyl (C=O) groups excluding carboxylic acids is 1. The van der Waals surface area contributed by atoms with Gasteiger partial charge in [0.1, 0.15) is 5.82 Å². The average Bonchev–Trinajstić information content (AvgIpc) is 3.60. The first kappa shape index (κ1) is 20.8. The van der Waals surface area contributed by atoms with Gasteiger partial charge in [-0.05, 0) is 85.5 Å². The minimum atomic E-state index is 0.0115. The number of carbonyl (C=O) groups is 1. The maximum absolute atomic E-state index is 13.9. The molecule has 6 rings (SSSR count). The number of pyridine rings is 2. The number of anilines is 1. The Balaban J connectivity index is 1.33. The molecule has 172 valence electrons. The fraction of sp³-hybridized carbons (Fsp3) is 0.333. The molecule has 1 atom stereocenters. The van der Waals surface area contributed by atoms with Crippen LogP contribution < -0.4 is 5.73 Å². The number of fused-ring (bicyclic) bond motifs is 2. The lowest BCUT2D eigenvalue weighted by Crippen LogP contribution is -2.43. The van der Waals surface area contributed by atoms with Crippen LogP contribution in [0, 0.1) is 6.92 Å². The van der Waals surface area contributed by atoms with E-state index in [0.29, 0.717) is 23.8 Å². The Labute approximate surface area is 198 Å². The van der Waals surface area contributed by atoms with E-state index in [9.17, 15) is 4.79 Å². The van der Waals surface area contributed by atoms with Gasteiger partial charge in [0.15, 0.2) is 0 Å². The second-order valence-corrected chi connectivity index (χ2v) is 9.66. The number of benzene rings is 1. The monoisotopic (exact) mass is 452 g/mol. The zero-order valence-electron chi connectivity index (χ0n) is 19.3. The summed E-state index contributed by atoms with van der Waals surface area (Å²) in [4.78, 5) is 25.1. The molecule has 3 N–H and O–H groups in total. The summed E-state index contributed by atoms with van der Waals surface area (Å²) in [7, 11) is 0. The van der Waals surface area contributed by atoms with Crippen LogP contribution in [0.15, 0.2) is 48.8 Å². The van der Waals surface area contributed by atoms with E-state index in [0.717, 1.165) is 47.1 Å². The predicted octanol–water partition coefficient (Wildman–Crippen LogP) is 4.32. The molecule has 0 radical (unpaired) electrons. The zero-order chi connectivity index (χ0) is 23.2. The van der Waals surface area contributed by atoms with E-state index in [-0.39, 0.29) is 11.9 Å². The Kier molecular flexibility index (Phi) is 5.05. The van der Waals surface area contributed by atoms with Crippen molar-refractivity contribution in [2.24, 2.45) is 0 Å². The van der Waals surface area contributed by atoms with Gasteiger partial charge in [0, 0.05) is 35.3 Å². The molecule has 0 spiro atoms. The van der Waals surface area contributed by atoms with Crippen molar-refractivity contribution >= 4 is 22.6 Å². The number of aromatic amines is 1. The van der Waals surface area contributed by atoms with Crippen molar-refractivity contribution in [3.05, 3.63) is 82.4 Å². The number of aryl methyl sites for hydroxylation is 2. The zero-order valence-corrected chi connectivity index (χ0v) is 19.3. The van der Waals surface area contributed by atoms with E-state index in [2.05, 4.69) is 27.3 Å². The molecule has 1 saturated carbocycles. The van der Waals surface area contributed by atoms with Crippen LogP contribution in [0.3, 0.4) is 0 Å². The first-order valence-electron chi connectivity index (χ1n) is 12.0. The predicted molar refractivity (Wildman–Crippen MR) is 131 cm³/mol. The summed E-state index contributed by atoms with van der Waals surface area (Å²) >= 11 is 0. The van der Waals surface area contributed by atoms with Crippen LogP contribution in [0.5, 0.6) is 0 Å². The van der Waals surface area contributed by atoms with Crippen molar-refractivity contribution in [2.45, 2.75) is 57.5 Å². The number of aromatic nitrogens is 4. The number of hydrogen-bond donors (Lipinski definition) is 2. The third kappa shape index (κ3) is 3.91. The summed E-state index contributed by atoms with van der Waals surface area (Å²) in [5.41, 5.74) is 12.9. The highest BCUT2D eigenvalue weighted by Crippen LogP contribution is 2.39. The second-order valence-electron chi connectivity index (χ2n) is 9.66. The van der Waals surface area contributed by atoms with Crippen molar-refractivity contribution < 1.29 is 4.79 Å². The van der Waals surface area contributed by atoms with E-state index in [1.165, 1.54) is 24.0 Å². The highest BCUT2D eigenvalue weighted by molar-refractivity contribution is 5.98. The van der Waals surface area contributed by atoms with Crippen molar-refractivity contribution in [1.82, 2.24) is 25.1 Å². The fourth-order valence-corrected chi connectivity index (χ4v) is 4.98. The molecule has 3 aromatic heterocycles. The van der Waals surface area contributed by atoms with Crippen molar-refractivity contribution in [2.75, 3.05) is 5.73 Å². The molecule has 1 aromatic carbocycles. The van der Waals surface area contributed by atoms with E-state index < -0.39 is 0 Å². The van der Waals surface area contributed by atoms with Gasteiger partial charge in [-0.2, -0.15) is 5.10 Å². The first-order valence-corrected chi connectivity index (χ1v) is 12.0. The number of nitrogen functional groups attached to an aromatic ring is 1. The molecule has 0 bridgehead atoms. The molecule has 1 amide bonds. The van der Waals surface area contributed by atoms with Crippen molar-refractivity contribution in [3.8, 4) is 0 Å². The van der Waals surface area contributed by atoms with E-state index in [1.54, 1.807) is 0 Å². The molecule has 2 aliphatic carbocycles. The summed E-state index contributed by atoms with van der Waals surface area (Å²) in [6, 6.07) is 12.0. The molecule has 7 heteroatoms. The molecular formula is C27H28N6O. The maximum atomic E-state index is 13.9. The lowest BCUT2D eigenvalue weighted by Gasteiger charge is -2.34. The normalized spacial score (nSPS) is 17.5. The van der Waals surface area contributed by atoms with Gasteiger partial charge >= 0.3 is 0 Å². The SMILES string of the molecule is Cc1cc2cc(C(=O)N(Cc3ccc(C4CC4)cn3)C3CCc4cn[nH]c4C3)ccc2nc1N. The number of nitrogens with zero attached hydrogens (tertiary/aromatic N) is 4. The van der Waals surface area contributed by atoms with Crippen LogP contribution in [0.25, 0.3) is 10.9 Å². The molecule has 1 unspecified atom stereocenters. The first-order chi connectivity index (χ1) is 16.5. The number of H-pyrrole nitrogens is 1. The summed E-state index contributed by atoms with van der Waals surface area (Å²) in [5.74, 6) is 1.20. The van der Waals surface area contributed by atoms with E-state index >= 15 is 0 Å². The van der Waals surface area contributed by atoms with Crippen LogP contribution in [0.1, 0.15) is 63.6 Å². The smallest absolute Gasteiger partial charge is 0.254 e. The molecule has 0 saturated heterocycles. The summed E-state index contributed by atoms with van der Waals surface area (Å²) in [6.07, 6.45) is 8.98. The van der Waals surface area contributed by atoms with Crippen LogP contribution in [-0.4, -0.2) is 37.0 Å². The van der Waals surface area contributed by atoms with Gasteiger partial charge in [0.2, 0.25) is 0 Å². The number of hydrogen-bond acceptors (Lipinski definition) is 5. The van der Waals surface area contributed by atoms with Crippen LogP contribution in [-0.2, 0) is 19.4 Å².